The second kappa shape index (κ2) is 51.8. The number of unbranched alkanes of at least 4 members (excludes halogenated alkanes) is 2. The minimum atomic E-state index is -5.39. The number of carbonyl (C=O) groups is 13. The average molecular weight is 1650 g/mol. The van der Waals surface area contributed by atoms with Crippen LogP contribution < -0.4 is 104 Å². The maximum absolute atomic E-state index is 14.7. The van der Waals surface area contributed by atoms with Crippen LogP contribution in [0.4, 0.5) is 0 Å². The number of aromatic nitrogens is 2. The number of imidazole rings is 1. The van der Waals surface area contributed by atoms with E-state index in [1.165, 1.54) is 60.5 Å². The third-order valence-electron chi connectivity index (χ3n) is 18.3. The average Bonchev–Trinajstić information content (AvgIpc) is 1.77. The van der Waals surface area contributed by atoms with E-state index in [0.717, 1.165) is 0 Å². The topological polar surface area (TPSA) is 712 Å². The number of nitrogens with zero attached hydrogens (tertiary/aromatic N) is 4. The largest absolute Gasteiger partial charge is 0.508 e. The molecule has 1 aromatic carbocycles. The fraction of sp³-hybridized carbons (Fsp3) is 0.652. The first-order valence-electron chi connectivity index (χ1n) is 37.7. The van der Waals surface area contributed by atoms with Gasteiger partial charge in [-0.1, -0.05) is 46.2 Å². The summed E-state index contributed by atoms with van der Waals surface area (Å²) in [6, 6.07) is -11.8. The van der Waals surface area contributed by atoms with Gasteiger partial charge in [0, 0.05) is 51.4 Å². The molecule has 0 radical (unpaired) electrons. The fourth-order valence-corrected chi connectivity index (χ4v) is 12.5. The summed E-state index contributed by atoms with van der Waals surface area (Å²) in [5.74, 6) is -13.3. The minimum absolute atomic E-state index is 0.00887. The standard InChI is InChI=1S/C69H119N24O19PS/c1-7-39(4)55(92-56(97)43(72)15-12-27-79-68(73)74)66(107)88-49(32-41-33-78-37-82-41)62(103)86-46(24-30-114-6)60(101)91-54(38(2)3)65(106)87-48(31-40-20-22-42(95)23-21-40)61(102)89-50(35-94)63(104)85-44(16-8-10-25-70)58(99)84-45(18-13-28-80-69(75)76)59(100)90-51(36-112-113(109,110)111)57(98)81-34-53(96)83-47(17-9-11-26-71)67(108)93-29-14-19-52(93)64(105)77-5/h20-23,33,37-39,43-52,54-55,94-95H,7-19,24-32,34-36,70-72H2,1-6H3,(H,77,105)(H,78,82)(H,81,98)(H,83,96)(H,84,99)(H,85,104)(H,86,103)(H,87,106)(H,88,107)(H,89,102)(H,90,100)(H,91,101)(H,92,97)(H4,73,74,79)(H4,75,76,80)(H2,109,110,111)/t39?,43-,44-,45+,46-,47-,48-,49+,50-,51-,52+,54-,55-/m0/s1. The van der Waals surface area contributed by atoms with Crippen LogP contribution in [-0.2, 0) is 84.3 Å². The van der Waals surface area contributed by atoms with Crippen LogP contribution in [0.15, 0.2) is 46.8 Å². The number of amides is 13. The highest BCUT2D eigenvalue weighted by Gasteiger charge is 2.40. The van der Waals surface area contributed by atoms with E-state index in [2.05, 4.69) is 88.3 Å². The van der Waals surface area contributed by atoms with Crippen LogP contribution in [0, 0.1) is 11.8 Å². The molecule has 13 atom stereocenters. The van der Waals surface area contributed by atoms with Crippen molar-refractivity contribution in [1.82, 2.24) is 78.7 Å². The third kappa shape index (κ3) is 36.1. The smallest absolute Gasteiger partial charge is 0.469 e. The summed E-state index contributed by atoms with van der Waals surface area (Å²) in [5.41, 5.74) is 40.3. The molecule has 1 fully saturated rings. The number of aromatic amines is 1. The second-order valence-electron chi connectivity index (χ2n) is 27.6. The summed E-state index contributed by atoms with van der Waals surface area (Å²) in [5, 5.41) is 51.4. The van der Waals surface area contributed by atoms with E-state index in [1.807, 2.05) is 0 Å². The molecule has 31 N–H and O–H groups in total. The maximum Gasteiger partial charge on any atom is 0.469 e. The number of thioether (sulfide) groups is 1. The molecule has 114 heavy (non-hydrogen) atoms. The van der Waals surface area contributed by atoms with E-state index < -0.39 is 189 Å². The predicted molar refractivity (Wildman–Crippen MR) is 421 cm³/mol. The van der Waals surface area contributed by atoms with E-state index in [4.69, 9.17) is 40.1 Å². The zero-order valence-electron chi connectivity index (χ0n) is 65.3. The number of likely N-dealkylation sites (N-methyl/N-ethyl adjacent to an activating group) is 1. The molecule has 43 nitrogen and oxygen atoms in total. The Morgan fingerprint density at radius 1 is 0.623 bits per heavy atom. The number of benzene rings is 1. The van der Waals surface area contributed by atoms with Gasteiger partial charge < -0.3 is 134 Å². The SMILES string of the molecule is CCC(C)[C@H](NC(=O)[C@@H](N)CCCN=C(N)N)C(=O)N[C@H](Cc1cnc[nH]1)C(=O)N[C@@H](CCSC)C(=O)N[C@H](C(=O)N[C@@H](Cc1ccc(O)cc1)C(=O)N[C@@H](CO)C(=O)N[C@@H](CCCCN)C(=O)N[C@H](CCCN=C(N)N)C(=O)N[C@@H](COP(=O)(O)O)C(=O)NCC(=O)N[C@@H](CCCCN)C(=O)N1CCC[C@@H]1C(=O)NC)C(C)C. The number of phosphoric ester groups is 1. The van der Waals surface area contributed by atoms with Gasteiger partial charge >= 0.3 is 7.82 Å². The number of rotatable bonds is 54. The van der Waals surface area contributed by atoms with Crippen molar-refractivity contribution in [2.75, 3.05) is 71.5 Å². The number of aliphatic imine (C=N–C) groups is 2. The molecule has 2 heterocycles. The highest BCUT2D eigenvalue weighted by molar-refractivity contribution is 7.98. The molecule has 640 valence electrons. The Balaban J connectivity index is 1.94. The van der Waals surface area contributed by atoms with Crippen molar-refractivity contribution < 1.29 is 91.4 Å². The highest BCUT2D eigenvalue weighted by Crippen LogP contribution is 2.35. The summed E-state index contributed by atoms with van der Waals surface area (Å²) in [7, 11) is -3.97. The Kier molecular flexibility index (Phi) is 44.7. The summed E-state index contributed by atoms with van der Waals surface area (Å²) in [6.07, 6.45) is 6.60. The van der Waals surface area contributed by atoms with Crippen LogP contribution in [0.1, 0.15) is 129 Å². The lowest BCUT2D eigenvalue weighted by Crippen LogP contribution is -2.62. The Morgan fingerprint density at radius 2 is 1.11 bits per heavy atom. The number of phenolic OH excluding ortho intramolecular Hbond substituents is 1. The second-order valence-corrected chi connectivity index (χ2v) is 29.9. The number of aromatic hydroxyl groups is 1. The third-order valence-corrected chi connectivity index (χ3v) is 19.4. The Hall–Kier alpha value is -9.82. The van der Waals surface area contributed by atoms with Crippen molar-refractivity contribution >= 4 is 108 Å². The van der Waals surface area contributed by atoms with E-state index in [9.17, 15) is 86.9 Å². The molecule has 13 amide bonds. The number of likely N-dealkylation sites (tertiary alicyclic amines) is 1. The molecule has 1 aliphatic heterocycles. The van der Waals surface area contributed by atoms with Gasteiger partial charge in [-0.25, -0.2) is 9.55 Å². The zero-order chi connectivity index (χ0) is 85.2. The van der Waals surface area contributed by atoms with Gasteiger partial charge in [0.25, 0.3) is 0 Å². The fourth-order valence-electron chi connectivity index (χ4n) is 11.7. The predicted octanol–water partition coefficient (Wildman–Crippen LogP) is -7.15. The first kappa shape index (κ1) is 98.4. The summed E-state index contributed by atoms with van der Waals surface area (Å²) < 4.78 is 16.6. The molecule has 45 heteroatoms. The quantitative estimate of drug-likeness (QED) is 0.0127. The van der Waals surface area contributed by atoms with Crippen LogP contribution in [-0.4, -0.2) is 268 Å². The van der Waals surface area contributed by atoms with E-state index >= 15 is 0 Å². The van der Waals surface area contributed by atoms with Crippen molar-refractivity contribution in [3.63, 3.8) is 0 Å². The number of phenols is 1. The highest BCUT2D eigenvalue weighted by atomic mass is 32.2. The maximum atomic E-state index is 14.7. The van der Waals surface area contributed by atoms with Crippen molar-refractivity contribution in [2.45, 2.75) is 203 Å². The zero-order valence-corrected chi connectivity index (χ0v) is 67.0. The van der Waals surface area contributed by atoms with Gasteiger partial charge in [0.2, 0.25) is 76.8 Å². The molecule has 0 saturated carbocycles. The number of aliphatic hydroxyl groups is 1. The normalized spacial score (nSPS) is 15.8. The Bertz CT molecular complexity index is 3550. The molecular weight excluding hydrogens is 1530 g/mol. The van der Waals surface area contributed by atoms with Gasteiger partial charge in [-0.15, -0.1) is 0 Å². The van der Waals surface area contributed by atoms with Crippen LogP contribution in [0.2, 0.25) is 0 Å². The number of hydrogen-bond acceptors (Lipinski definition) is 24. The number of carbonyl (C=O) groups excluding carboxylic acids is 13. The van der Waals surface area contributed by atoms with Crippen molar-refractivity contribution in [2.24, 2.45) is 62.0 Å². The number of H-pyrrole nitrogens is 1. The number of aliphatic hydroxyl groups excluding tert-OH is 1. The number of hydrogen-bond donors (Lipinski definition) is 24. The molecule has 1 aromatic heterocycles. The first-order valence-corrected chi connectivity index (χ1v) is 40.6. The molecule has 0 aliphatic carbocycles. The lowest BCUT2D eigenvalue weighted by atomic mass is 9.96. The lowest BCUT2D eigenvalue weighted by molar-refractivity contribution is -0.141. The Morgan fingerprint density at radius 3 is 1.63 bits per heavy atom. The summed E-state index contributed by atoms with van der Waals surface area (Å²) >= 11 is 1.33. The van der Waals surface area contributed by atoms with Crippen LogP contribution >= 0.6 is 19.6 Å². The Labute approximate surface area is 665 Å². The number of phosphoric acid groups is 1. The van der Waals surface area contributed by atoms with E-state index in [1.54, 1.807) is 34.0 Å². The van der Waals surface area contributed by atoms with Gasteiger partial charge in [-0.3, -0.25) is 76.8 Å². The minimum Gasteiger partial charge on any atom is -0.508 e. The van der Waals surface area contributed by atoms with Gasteiger partial charge in [-0.2, -0.15) is 11.8 Å². The van der Waals surface area contributed by atoms with Gasteiger partial charge in [0.15, 0.2) is 11.9 Å². The summed E-state index contributed by atoms with van der Waals surface area (Å²) in [4.78, 5) is 219. The first-order chi connectivity index (χ1) is 54.0. The lowest BCUT2D eigenvalue weighted by Gasteiger charge is -2.29. The van der Waals surface area contributed by atoms with Gasteiger partial charge in [0.05, 0.1) is 32.1 Å². The van der Waals surface area contributed by atoms with Crippen molar-refractivity contribution in [1.29, 1.82) is 0 Å². The van der Waals surface area contributed by atoms with Crippen LogP contribution in [0.5, 0.6) is 5.75 Å². The van der Waals surface area contributed by atoms with E-state index in [-0.39, 0.29) is 115 Å². The number of nitrogens with two attached hydrogens (primary N) is 7. The van der Waals surface area contributed by atoms with Crippen molar-refractivity contribution in [3.05, 3.63) is 48.0 Å². The summed E-state index contributed by atoms with van der Waals surface area (Å²) in [6.45, 7) is 4.11. The van der Waals surface area contributed by atoms with Crippen LogP contribution in [0.3, 0.4) is 0 Å². The number of nitrogens with one attached hydrogen (secondary N) is 13. The molecule has 0 bridgehead atoms. The van der Waals surface area contributed by atoms with Crippen molar-refractivity contribution in [3.8, 4) is 5.75 Å². The monoisotopic (exact) mass is 1650 g/mol. The van der Waals surface area contributed by atoms with Gasteiger partial charge in [-0.05, 0) is 138 Å². The van der Waals surface area contributed by atoms with Crippen LogP contribution in [0.25, 0.3) is 0 Å². The molecule has 1 saturated heterocycles. The molecule has 2 aromatic rings. The van der Waals surface area contributed by atoms with E-state index in [0.29, 0.717) is 55.5 Å². The molecule has 3 rings (SSSR count). The number of guanidine groups is 2. The molecule has 1 aliphatic rings. The molecular formula is C69H119N24O19PS. The van der Waals surface area contributed by atoms with Gasteiger partial charge in [0.1, 0.15) is 72.2 Å². The molecule has 0 spiro atoms. The molecule has 1 unspecified atom stereocenters.